The van der Waals surface area contributed by atoms with E-state index in [9.17, 15) is 22.8 Å². The largest absolute Gasteiger partial charge is 0.481 e. The van der Waals surface area contributed by atoms with Crippen molar-refractivity contribution in [1.82, 2.24) is 15.2 Å². The standard InChI is InChI=1S/C19H24F2N4O4S2.C6H4ClF/c1-2-29-18(28)13-6-23-16(17-22-3-4-31-17)24-14(13)8-25-7-12(5-19(20,21)11-25)9-30-10-15(26)27;7-5-2-1-3-6(8)4-5/h3-4,12H,2,5-11H2,1H3,(H,23,24)(H,26,27);1-4H. The minimum atomic E-state index is -2.89. The first kappa shape index (κ1) is 30.9. The predicted octanol–water partition coefficient (Wildman–Crippen LogP) is 4.56. The van der Waals surface area contributed by atoms with Crippen LogP contribution in [0.25, 0.3) is 0 Å². The quantitative estimate of drug-likeness (QED) is 0.402. The van der Waals surface area contributed by atoms with E-state index in [-0.39, 0.29) is 43.6 Å². The third-order valence-corrected chi connectivity index (χ3v) is 7.66. The van der Waals surface area contributed by atoms with Crippen LogP contribution in [0.1, 0.15) is 18.4 Å². The van der Waals surface area contributed by atoms with Gasteiger partial charge in [0.05, 0.1) is 31.0 Å². The van der Waals surface area contributed by atoms with Crippen molar-refractivity contribution in [3.63, 3.8) is 0 Å². The van der Waals surface area contributed by atoms with E-state index < -0.39 is 24.4 Å². The molecule has 0 radical (unpaired) electrons. The highest BCUT2D eigenvalue weighted by molar-refractivity contribution is 7.99. The monoisotopic (exact) mass is 604 g/mol. The van der Waals surface area contributed by atoms with Crippen LogP contribution in [-0.2, 0) is 14.3 Å². The van der Waals surface area contributed by atoms with Crippen molar-refractivity contribution in [2.45, 2.75) is 19.3 Å². The fourth-order valence-corrected chi connectivity index (χ4v) is 5.68. The average molecular weight is 605 g/mol. The normalized spacial score (nSPS) is 18.9. The highest BCUT2D eigenvalue weighted by atomic mass is 35.5. The summed E-state index contributed by atoms with van der Waals surface area (Å²) in [7, 11) is 0. The van der Waals surface area contributed by atoms with Gasteiger partial charge in [0.2, 0.25) is 0 Å². The van der Waals surface area contributed by atoms with Gasteiger partial charge in [-0.15, -0.1) is 23.1 Å². The molecule has 0 saturated carbocycles. The molecule has 14 heteroatoms. The van der Waals surface area contributed by atoms with Crippen molar-refractivity contribution in [3.05, 3.63) is 63.0 Å². The van der Waals surface area contributed by atoms with E-state index in [0.29, 0.717) is 39.4 Å². The SMILES string of the molecule is CCOC(=O)C1=C(CN2CC(CSCC(=O)O)CC(F)(F)C2)NC(c2nccs2)=NC1.Fc1cccc(Cl)c1. The summed E-state index contributed by atoms with van der Waals surface area (Å²) in [4.78, 5) is 33.3. The van der Waals surface area contributed by atoms with Gasteiger partial charge in [0, 0.05) is 41.8 Å². The zero-order chi connectivity index (χ0) is 28.4. The molecule has 2 aliphatic rings. The molecule has 1 fully saturated rings. The third-order valence-electron chi connectivity index (χ3n) is 5.49. The molecule has 39 heavy (non-hydrogen) atoms. The number of aliphatic imine (C=N–C) groups is 1. The molecule has 1 aromatic heterocycles. The van der Waals surface area contributed by atoms with E-state index in [1.807, 2.05) is 0 Å². The molecule has 0 bridgehead atoms. The molecule has 4 rings (SSSR count). The molecule has 1 saturated heterocycles. The highest BCUT2D eigenvalue weighted by Gasteiger charge is 2.41. The Kier molecular flexibility index (Phi) is 11.6. The Morgan fingerprint density at radius 3 is 2.79 bits per heavy atom. The zero-order valence-electron chi connectivity index (χ0n) is 21.0. The van der Waals surface area contributed by atoms with Crippen LogP contribution in [0, 0.1) is 11.7 Å². The van der Waals surface area contributed by atoms with Gasteiger partial charge >= 0.3 is 11.9 Å². The van der Waals surface area contributed by atoms with Gasteiger partial charge in [-0.25, -0.2) is 22.9 Å². The van der Waals surface area contributed by atoms with E-state index in [4.69, 9.17) is 21.4 Å². The number of halogens is 4. The summed E-state index contributed by atoms with van der Waals surface area (Å²) >= 11 is 7.93. The number of hydrogen-bond acceptors (Lipinski definition) is 9. The lowest BCUT2D eigenvalue weighted by Gasteiger charge is -2.38. The summed E-state index contributed by atoms with van der Waals surface area (Å²) in [5.74, 6) is -4.31. The second-order valence-electron chi connectivity index (χ2n) is 8.75. The van der Waals surface area contributed by atoms with Gasteiger partial charge in [-0.1, -0.05) is 17.7 Å². The van der Waals surface area contributed by atoms with Gasteiger partial charge in [-0.3, -0.25) is 14.7 Å². The number of carbonyl (C=O) groups excluding carboxylic acids is 1. The number of aliphatic carboxylic acids is 1. The van der Waals surface area contributed by atoms with Crippen LogP contribution >= 0.6 is 34.7 Å². The number of benzene rings is 1. The lowest BCUT2D eigenvalue weighted by atomic mass is 9.96. The predicted molar refractivity (Wildman–Crippen MR) is 146 cm³/mol. The maximum Gasteiger partial charge on any atom is 0.337 e. The lowest BCUT2D eigenvalue weighted by molar-refractivity contribution is -0.138. The number of rotatable bonds is 9. The Hall–Kier alpha value is -2.61. The van der Waals surface area contributed by atoms with E-state index >= 15 is 0 Å². The summed E-state index contributed by atoms with van der Waals surface area (Å²) in [6, 6.07) is 5.82. The minimum Gasteiger partial charge on any atom is -0.481 e. The van der Waals surface area contributed by atoms with Crippen molar-refractivity contribution < 1.29 is 32.6 Å². The molecule has 8 nitrogen and oxygen atoms in total. The summed E-state index contributed by atoms with van der Waals surface area (Å²) in [5, 5.41) is 14.8. The number of likely N-dealkylation sites (tertiary alicyclic amines) is 1. The number of piperidine rings is 1. The number of carboxylic acids is 1. The van der Waals surface area contributed by atoms with Crippen LogP contribution < -0.4 is 5.32 Å². The van der Waals surface area contributed by atoms with Gasteiger partial charge < -0.3 is 15.2 Å². The van der Waals surface area contributed by atoms with Crippen LogP contribution in [0.3, 0.4) is 0 Å². The molecule has 0 spiro atoms. The highest BCUT2D eigenvalue weighted by Crippen LogP contribution is 2.33. The Balaban J connectivity index is 0.000000449. The molecule has 1 atom stereocenters. The summed E-state index contributed by atoms with van der Waals surface area (Å²) in [5.41, 5.74) is 0.793. The molecule has 1 unspecified atom stereocenters. The Bertz CT molecular complexity index is 1180. The van der Waals surface area contributed by atoms with Crippen molar-refractivity contribution in [3.8, 4) is 0 Å². The molecule has 2 N–H and O–H groups in total. The first-order valence-corrected chi connectivity index (χ1v) is 14.4. The number of carbonyl (C=O) groups is 2. The molecule has 1 aromatic carbocycles. The number of alkyl halides is 2. The van der Waals surface area contributed by atoms with Gasteiger partial charge in [0.25, 0.3) is 5.92 Å². The molecule has 2 aromatic rings. The number of amidine groups is 1. The topological polar surface area (TPSA) is 104 Å². The van der Waals surface area contributed by atoms with Crippen molar-refractivity contribution in [2.24, 2.45) is 10.9 Å². The number of thioether (sulfide) groups is 1. The number of hydrogen-bond donors (Lipinski definition) is 2. The van der Waals surface area contributed by atoms with Gasteiger partial charge in [0.1, 0.15) is 5.82 Å². The maximum atomic E-state index is 14.4. The van der Waals surface area contributed by atoms with Crippen molar-refractivity contribution in [1.29, 1.82) is 0 Å². The van der Waals surface area contributed by atoms with Crippen LogP contribution in [0.2, 0.25) is 5.02 Å². The number of nitrogens with one attached hydrogen (secondary N) is 1. The fraction of sp³-hybridized carbons (Fsp3) is 0.440. The van der Waals surface area contributed by atoms with Crippen molar-refractivity contribution in [2.75, 3.05) is 44.3 Å². The van der Waals surface area contributed by atoms with Crippen LogP contribution in [0.15, 0.2) is 52.1 Å². The van der Waals surface area contributed by atoms with Crippen molar-refractivity contribution >= 4 is 52.5 Å². The molecule has 0 amide bonds. The summed E-state index contributed by atoms with van der Waals surface area (Å²) < 4.78 is 46.0. The Labute approximate surface area is 237 Å². The number of esters is 1. The second-order valence-corrected chi connectivity index (χ2v) is 11.1. The lowest BCUT2D eigenvalue weighted by Crippen LogP contribution is -2.50. The number of thiazole rings is 1. The fourth-order valence-electron chi connectivity index (χ4n) is 4.05. The van der Waals surface area contributed by atoms with Crippen LogP contribution in [0.5, 0.6) is 0 Å². The van der Waals surface area contributed by atoms with Gasteiger partial charge in [0.15, 0.2) is 10.8 Å². The maximum absolute atomic E-state index is 14.4. The molecular weight excluding hydrogens is 577 g/mol. The average Bonchev–Trinajstić information content (AvgIpc) is 3.38. The summed E-state index contributed by atoms with van der Waals surface area (Å²) in [6.45, 7) is 2.03. The molecule has 3 heterocycles. The number of ether oxygens (including phenoxy) is 1. The Morgan fingerprint density at radius 2 is 2.18 bits per heavy atom. The van der Waals surface area contributed by atoms with Gasteiger partial charge in [-0.05, 0) is 36.8 Å². The number of nitrogens with zero attached hydrogens (tertiary/aromatic N) is 3. The minimum absolute atomic E-state index is 0.0816. The van der Waals surface area contributed by atoms with E-state index in [1.165, 1.54) is 23.5 Å². The zero-order valence-corrected chi connectivity index (χ0v) is 23.4. The number of carboxylic acid groups (broad SMARTS) is 1. The first-order chi connectivity index (χ1) is 18.6. The second kappa shape index (κ2) is 14.7. The van der Waals surface area contributed by atoms with Crippen LogP contribution in [0.4, 0.5) is 13.2 Å². The smallest absolute Gasteiger partial charge is 0.337 e. The van der Waals surface area contributed by atoms with E-state index in [1.54, 1.807) is 35.5 Å². The summed E-state index contributed by atoms with van der Waals surface area (Å²) in [6.07, 6.45) is 1.36. The molecule has 212 valence electrons. The molecular formula is C25H28ClF3N4O4S2. The van der Waals surface area contributed by atoms with Crippen LogP contribution in [-0.4, -0.2) is 83.0 Å². The Morgan fingerprint density at radius 1 is 1.38 bits per heavy atom. The van der Waals surface area contributed by atoms with E-state index in [2.05, 4.69) is 15.3 Å². The number of aromatic nitrogens is 1. The first-order valence-electron chi connectivity index (χ1n) is 12.0. The van der Waals surface area contributed by atoms with E-state index in [0.717, 1.165) is 11.8 Å². The molecule has 0 aliphatic carbocycles. The third kappa shape index (κ3) is 10.1. The van der Waals surface area contributed by atoms with Gasteiger partial charge in [-0.2, -0.15) is 0 Å². The molecule has 2 aliphatic heterocycles.